The number of benzene rings is 1. The number of alkyl carbamates (subject to hydrolysis) is 1. The summed E-state index contributed by atoms with van der Waals surface area (Å²) in [6, 6.07) is 4.28. The van der Waals surface area contributed by atoms with E-state index in [2.05, 4.69) is 15.4 Å². The first-order valence-corrected chi connectivity index (χ1v) is 10.4. The van der Waals surface area contributed by atoms with Crippen LogP contribution >= 0.6 is 0 Å². The zero-order chi connectivity index (χ0) is 22.3. The first-order valence-electron chi connectivity index (χ1n) is 10.4. The molecule has 166 valence electrons. The third-order valence-electron chi connectivity index (χ3n) is 5.36. The van der Waals surface area contributed by atoms with Gasteiger partial charge in [-0.1, -0.05) is 26.0 Å². The number of aryl methyl sites for hydroxylation is 1. The third-order valence-corrected chi connectivity index (χ3v) is 5.36. The highest BCUT2D eigenvalue weighted by atomic mass is 19.1. The number of hydrogen-bond acceptors (Lipinski definition) is 4. The van der Waals surface area contributed by atoms with E-state index in [0.717, 1.165) is 0 Å². The SMILES string of the molecule is COC(=O)NC(CC(C)C)C(=O)N1CCC(C(=O)NCc2ccc(C)c(F)c2)CC1. The van der Waals surface area contributed by atoms with Gasteiger partial charge in [-0.2, -0.15) is 0 Å². The topological polar surface area (TPSA) is 87.7 Å². The summed E-state index contributed by atoms with van der Waals surface area (Å²) in [4.78, 5) is 38.6. The lowest BCUT2D eigenvalue weighted by molar-refractivity contribution is -0.137. The van der Waals surface area contributed by atoms with Gasteiger partial charge in [0.15, 0.2) is 0 Å². The molecule has 1 heterocycles. The Morgan fingerprint density at radius 3 is 2.47 bits per heavy atom. The van der Waals surface area contributed by atoms with E-state index >= 15 is 0 Å². The number of methoxy groups -OCH3 is 1. The molecule has 1 aromatic rings. The molecule has 0 aromatic heterocycles. The summed E-state index contributed by atoms with van der Waals surface area (Å²) >= 11 is 0. The highest BCUT2D eigenvalue weighted by Gasteiger charge is 2.32. The molecule has 2 N–H and O–H groups in total. The number of likely N-dealkylation sites (tertiary alicyclic amines) is 1. The van der Waals surface area contributed by atoms with Crippen molar-refractivity contribution < 1.29 is 23.5 Å². The molecule has 7 nitrogen and oxygen atoms in total. The van der Waals surface area contributed by atoms with Crippen molar-refractivity contribution in [3.05, 3.63) is 35.1 Å². The molecular formula is C22H32FN3O4. The van der Waals surface area contributed by atoms with E-state index < -0.39 is 12.1 Å². The van der Waals surface area contributed by atoms with Gasteiger partial charge in [-0.25, -0.2) is 9.18 Å². The van der Waals surface area contributed by atoms with Crippen LogP contribution in [0.1, 0.15) is 44.2 Å². The van der Waals surface area contributed by atoms with Crippen molar-refractivity contribution in [3.63, 3.8) is 0 Å². The van der Waals surface area contributed by atoms with E-state index in [1.807, 2.05) is 13.8 Å². The predicted octanol–water partition coefficient (Wildman–Crippen LogP) is 2.76. The summed E-state index contributed by atoms with van der Waals surface area (Å²) < 4.78 is 18.3. The molecule has 1 aromatic carbocycles. The minimum atomic E-state index is -0.640. The summed E-state index contributed by atoms with van der Waals surface area (Å²) in [5.74, 6) is -0.491. The van der Waals surface area contributed by atoms with Crippen LogP contribution in [0.2, 0.25) is 0 Å². The first-order chi connectivity index (χ1) is 14.2. The van der Waals surface area contributed by atoms with Crippen LogP contribution in [0.15, 0.2) is 18.2 Å². The van der Waals surface area contributed by atoms with Crippen molar-refractivity contribution >= 4 is 17.9 Å². The molecule has 1 saturated heterocycles. The molecule has 1 aliphatic heterocycles. The lowest BCUT2D eigenvalue weighted by Crippen LogP contribution is -2.52. The number of rotatable bonds is 7. The average molecular weight is 422 g/mol. The number of amides is 3. The second-order valence-corrected chi connectivity index (χ2v) is 8.22. The molecular weight excluding hydrogens is 389 g/mol. The van der Waals surface area contributed by atoms with E-state index in [0.29, 0.717) is 43.5 Å². The standard InChI is InChI=1S/C22H32FN3O4/c1-14(2)11-19(25-22(29)30-4)21(28)26-9-7-17(8-10-26)20(27)24-13-16-6-5-15(3)18(23)12-16/h5-6,12,14,17,19H,7-11,13H2,1-4H3,(H,24,27)(H,25,29). The number of carbonyl (C=O) groups is 3. The monoisotopic (exact) mass is 421 g/mol. The molecule has 0 bridgehead atoms. The van der Waals surface area contributed by atoms with Gasteiger partial charge in [0.25, 0.3) is 0 Å². The largest absolute Gasteiger partial charge is 0.453 e. The number of carbonyl (C=O) groups excluding carboxylic acids is 3. The van der Waals surface area contributed by atoms with Crippen LogP contribution in [0.4, 0.5) is 9.18 Å². The molecule has 2 rings (SSSR count). The molecule has 1 fully saturated rings. The Balaban J connectivity index is 1.85. The smallest absolute Gasteiger partial charge is 0.407 e. The molecule has 0 spiro atoms. The van der Waals surface area contributed by atoms with Crippen molar-refractivity contribution in [1.29, 1.82) is 0 Å². The van der Waals surface area contributed by atoms with Gasteiger partial charge >= 0.3 is 6.09 Å². The fourth-order valence-corrected chi connectivity index (χ4v) is 3.56. The molecule has 1 aliphatic rings. The van der Waals surface area contributed by atoms with Crippen LogP contribution in [0, 0.1) is 24.6 Å². The van der Waals surface area contributed by atoms with E-state index in [1.54, 1.807) is 24.0 Å². The van der Waals surface area contributed by atoms with Crippen molar-refractivity contribution in [1.82, 2.24) is 15.5 Å². The number of halogens is 1. The lowest BCUT2D eigenvalue weighted by Gasteiger charge is -2.34. The minimum absolute atomic E-state index is 0.0884. The van der Waals surface area contributed by atoms with Gasteiger partial charge in [-0.3, -0.25) is 9.59 Å². The van der Waals surface area contributed by atoms with Crippen molar-refractivity contribution in [2.75, 3.05) is 20.2 Å². The maximum Gasteiger partial charge on any atom is 0.407 e. The number of nitrogens with one attached hydrogen (secondary N) is 2. The van der Waals surface area contributed by atoms with Gasteiger partial charge in [-0.15, -0.1) is 0 Å². The summed E-state index contributed by atoms with van der Waals surface area (Å²) in [5.41, 5.74) is 1.28. The fourth-order valence-electron chi connectivity index (χ4n) is 3.56. The second kappa shape index (κ2) is 10.9. The average Bonchev–Trinajstić information content (AvgIpc) is 2.73. The van der Waals surface area contributed by atoms with Gasteiger partial charge < -0.3 is 20.3 Å². The van der Waals surface area contributed by atoms with Crippen molar-refractivity contribution in [3.8, 4) is 0 Å². The lowest BCUT2D eigenvalue weighted by atomic mass is 9.94. The van der Waals surface area contributed by atoms with Crippen LogP contribution in [0.5, 0.6) is 0 Å². The quantitative estimate of drug-likeness (QED) is 0.709. The first kappa shape index (κ1) is 23.6. The van der Waals surface area contributed by atoms with E-state index in [9.17, 15) is 18.8 Å². The molecule has 0 radical (unpaired) electrons. The summed E-state index contributed by atoms with van der Waals surface area (Å²) in [7, 11) is 1.27. The van der Waals surface area contributed by atoms with Gasteiger partial charge in [0.1, 0.15) is 11.9 Å². The molecule has 0 aliphatic carbocycles. The van der Waals surface area contributed by atoms with Crippen molar-refractivity contribution in [2.24, 2.45) is 11.8 Å². The maximum absolute atomic E-state index is 13.6. The predicted molar refractivity (Wildman–Crippen MR) is 111 cm³/mol. The molecule has 8 heteroatoms. The minimum Gasteiger partial charge on any atom is -0.453 e. The molecule has 3 amide bonds. The van der Waals surface area contributed by atoms with Crippen molar-refractivity contribution in [2.45, 2.75) is 52.6 Å². The van der Waals surface area contributed by atoms with Crippen LogP contribution < -0.4 is 10.6 Å². The molecule has 1 unspecified atom stereocenters. The van der Waals surface area contributed by atoms with Crippen LogP contribution in [0.25, 0.3) is 0 Å². The number of nitrogens with zero attached hydrogens (tertiary/aromatic N) is 1. The highest BCUT2D eigenvalue weighted by Crippen LogP contribution is 2.20. The Hall–Kier alpha value is -2.64. The maximum atomic E-state index is 13.6. The fraction of sp³-hybridized carbons (Fsp3) is 0.591. The Morgan fingerprint density at radius 1 is 1.23 bits per heavy atom. The zero-order valence-electron chi connectivity index (χ0n) is 18.2. The molecule has 1 atom stereocenters. The van der Waals surface area contributed by atoms with E-state index in [4.69, 9.17) is 0 Å². The summed E-state index contributed by atoms with van der Waals surface area (Å²) in [5, 5.41) is 5.47. The number of hydrogen-bond donors (Lipinski definition) is 2. The van der Waals surface area contributed by atoms with Gasteiger partial charge in [0.05, 0.1) is 7.11 Å². The van der Waals surface area contributed by atoms with Gasteiger partial charge in [0, 0.05) is 25.6 Å². The highest BCUT2D eigenvalue weighted by molar-refractivity contribution is 5.86. The number of ether oxygens (including phenoxy) is 1. The third kappa shape index (κ3) is 6.71. The zero-order valence-corrected chi connectivity index (χ0v) is 18.2. The second-order valence-electron chi connectivity index (χ2n) is 8.22. The van der Waals surface area contributed by atoms with Gasteiger partial charge in [-0.05, 0) is 49.3 Å². The van der Waals surface area contributed by atoms with E-state index in [1.165, 1.54) is 13.2 Å². The number of piperidine rings is 1. The van der Waals surface area contributed by atoms with Gasteiger partial charge in [0.2, 0.25) is 11.8 Å². The summed E-state index contributed by atoms with van der Waals surface area (Å²) in [6.45, 7) is 6.83. The summed E-state index contributed by atoms with van der Waals surface area (Å²) in [6.07, 6.45) is 0.983. The Labute approximate surface area is 177 Å². The van der Waals surface area contributed by atoms with E-state index in [-0.39, 0.29) is 36.0 Å². The van der Waals surface area contributed by atoms with Crippen LogP contribution in [0.3, 0.4) is 0 Å². The Morgan fingerprint density at radius 2 is 1.90 bits per heavy atom. The molecule has 30 heavy (non-hydrogen) atoms. The van der Waals surface area contributed by atoms with Crippen LogP contribution in [-0.4, -0.2) is 49.0 Å². The Kier molecular flexibility index (Phi) is 8.62. The Bertz CT molecular complexity index is 761. The van der Waals surface area contributed by atoms with Crippen LogP contribution in [-0.2, 0) is 20.9 Å². The molecule has 0 saturated carbocycles. The normalized spacial score (nSPS) is 15.6.